The van der Waals surface area contributed by atoms with Crippen molar-refractivity contribution in [1.82, 2.24) is 0 Å². The Hall–Kier alpha value is -0.560. The summed E-state index contributed by atoms with van der Waals surface area (Å²) in [6.07, 6.45) is 2.94. The van der Waals surface area contributed by atoms with E-state index in [1.165, 1.54) is 12.1 Å². The molecule has 0 amide bonds. The summed E-state index contributed by atoms with van der Waals surface area (Å²) >= 11 is 6.18. The van der Waals surface area contributed by atoms with Crippen molar-refractivity contribution in [1.29, 1.82) is 0 Å². The quantitative estimate of drug-likeness (QED) is 0.655. The van der Waals surface area contributed by atoms with Gasteiger partial charge in [-0.2, -0.15) is 0 Å². The fourth-order valence-electron chi connectivity index (χ4n) is 1.60. The number of halogens is 2. The monoisotopic (exact) mass is 228 g/mol. The predicted octanol–water partition coefficient (Wildman–Crippen LogP) is 4.41. The first-order valence-corrected chi connectivity index (χ1v) is 5.90. The molecule has 0 aliphatic rings. The molecule has 1 aromatic rings. The largest absolute Gasteiger partial charge is 0.207 e. The van der Waals surface area contributed by atoms with E-state index in [0.717, 1.165) is 24.8 Å². The van der Waals surface area contributed by atoms with Crippen LogP contribution < -0.4 is 0 Å². The third kappa shape index (κ3) is 5.17. The molecular formula is C13H18ClF. The summed E-state index contributed by atoms with van der Waals surface area (Å²) < 4.78 is 12.6. The van der Waals surface area contributed by atoms with Crippen LogP contribution in [-0.2, 0) is 6.42 Å². The normalized spacial score (nSPS) is 13.1. The highest BCUT2D eigenvalue weighted by atomic mass is 35.5. The third-order valence-electron chi connectivity index (χ3n) is 2.39. The van der Waals surface area contributed by atoms with Gasteiger partial charge < -0.3 is 0 Å². The molecule has 0 fully saturated rings. The molecule has 0 saturated carbocycles. The zero-order valence-corrected chi connectivity index (χ0v) is 10.1. The number of rotatable bonds is 5. The van der Waals surface area contributed by atoms with Crippen LogP contribution in [0.5, 0.6) is 0 Å². The summed E-state index contributed by atoms with van der Waals surface area (Å²) in [4.78, 5) is 0. The summed E-state index contributed by atoms with van der Waals surface area (Å²) in [5.41, 5.74) is 1.16. The van der Waals surface area contributed by atoms with Gasteiger partial charge in [0.1, 0.15) is 5.82 Å². The van der Waals surface area contributed by atoms with Crippen LogP contribution in [0.25, 0.3) is 0 Å². The summed E-state index contributed by atoms with van der Waals surface area (Å²) in [7, 11) is 0. The van der Waals surface area contributed by atoms with Crippen molar-refractivity contribution in [2.75, 3.05) is 0 Å². The van der Waals surface area contributed by atoms with Crippen molar-refractivity contribution < 1.29 is 4.39 Å². The molecule has 15 heavy (non-hydrogen) atoms. The molecule has 0 aliphatic carbocycles. The van der Waals surface area contributed by atoms with Crippen molar-refractivity contribution in [3.63, 3.8) is 0 Å². The summed E-state index contributed by atoms with van der Waals surface area (Å²) in [6, 6.07) is 6.66. The molecule has 0 aliphatic heterocycles. The van der Waals surface area contributed by atoms with E-state index >= 15 is 0 Å². The van der Waals surface area contributed by atoms with Crippen LogP contribution in [0.15, 0.2) is 24.3 Å². The smallest absolute Gasteiger partial charge is 0.123 e. The molecule has 0 saturated heterocycles. The summed E-state index contributed by atoms with van der Waals surface area (Å²) in [6.45, 7) is 4.35. The molecule has 84 valence electrons. The van der Waals surface area contributed by atoms with E-state index in [4.69, 9.17) is 11.6 Å². The molecule has 1 aromatic carbocycles. The molecule has 1 unspecified atom stereocenters. The maximum Gasteiger partial charge on any atom is 0.123 e. The van der Waals surface area contributed by atoms with Crippen molar-refractivity contribution in [3.8, 4) is 0 Å². The van der Waals surface area contributed by atoms with Crippen LogP contribution in [0.3, 0.4) is 0 Å². The Balaban J connectivity index is 2.33. The minimum absolute atomic E-state index is 0.177. The van der Waals surface area contributed by atoms with Gasteiger partial charge in [0, 0.05) is 5.38 Å². The Labute approximate surface area is 96.5 Å². The Kier molecular flexibility index (Phi) is 5.10. The van der Waals surface area contributed by atoms with Crippen LogP contribution in [0.1, 0.15) is 32.3 Å². The van der Waals surface area contributed by atoms with Gasteiger partial charge in [0.05, 0.1) is 0 Å². The minimum atomic E-state index is -0.177. The maximum atomic E-state index is 12.6. The van der Waals surface area contributed by atoms with Crippen LogP contribution in [-0.4, -0.2) is 5.38 Å². The van der Waals surface area contributed by atoms with E-state index < -0.39 is 0 Å². The van der Waals surface area contributed by atoms with Gasteiger partial charge in [-0.15, -0.1) is 11.6 Å². The first-order chi connectivity index (χ1) is 7.08. The lowest BCUT2D eigenvalue weighted by atomic mass is 10.0. The molecule has 0 heterocycles. The van der Waals surface area contributed by atoms with E-state index in [1.54, 1.807) is 0 Å². The van der Waals surface area contributed by atoms with Gasteiger partial charge in [0.2, 0.25) is 0 Å². The number of aryl methyl sites for hydroxylation is 1. The first kappa shape index (κ1) is 12.5. The molecule has 0 radical (unpaired) electrons. The highest BCUT2D eigenvalue weighted by Gasteiger charge is 2.07. The molecule has 0 N–H and O–H groups in total. The number of benzene rings is 1. The molecule has 1 rings (SSSR count). The Morgan fingerprint density at radius 3 is 2.33 bits per heavy atom. The summed E-state index contributed by atoms with van der Waals surface area (Å²) in [5.74, 6) is 0.462. The van der Waals surface area contributed by atoms with Crippen LogP contribution in [0.4, 0.5) is 4.39 Å². The van der Waals surface area contributed by atoms with Crippen LogP contribution in [0.2, 0.25) is 0 Å². The van der Waals surface area contributed by atoms with Crippen LogP contribution in [0, 0.1) is 11.7 Å². The van der Waals surface area contributed by atoms with E-state index in [0.29, 0.717) is 5.92 Å². The van der Waals surface area contributed by atoms with Crippen molar-refractivity contribution >= 4 is 11.6 Å². The SMILES string of the molecule is CC(C)CC(Cl)CCc1ccc(F)cc1. The number of alkyl halides is 1. The highest BCUT2D eigenvalue weighted by Crippen LogP contribution is 2.17. The third-order valence-corrected chi connectivity index (χ3v) is 2.78. The second kappa shape index (κ2) is 6.12. The molecular weight excluding hydrogens is 211 g/mol. The van der Waals surface area contributed by atoms with Gasteiger partial charge in [-0.05, 0) is 42.9 Å². The molecule has 0 nitrogen and oxygen atoms in total. The van der Waals surface area contributed by atoms with E-state index in [9.17, 15) is 4.39 Å². The zero-order valence-electron chi connectivity index (χ0n) is 9.34. The van der Waals surface area contributed by atoms with Gasteiger partial charge in [-0.3, -0.25) is 0 Å². The Bertz CT molecular complexity index is 279. The van der Waals surface area contributed by atoms with E-state index in [-0.39, 0.29) is 11.2 Å². The predicted molar refractivity (Wildman–Crippen MR) is 63.8 cm³/mol. The van der Waals surface area contributed by atoms with E-state index in [1.807, 2.05) is 12.1 Å². The fraction of sp³-hybridized carbons (Fsp3) is 0.538. The lowest BCUT2D eigenvalue weighted by Crippen LogP contribution is -2.04. The number of hydrogen-bond donors (Lipinski definition) is 0. The average molecular weight is 229 g/mol. The summed E-state index contributed by atoms with van der Waals surface area (Å²) in [5, 5.41) is 0.232. The Morgan fingerprint density at radius 2 is 1.80 bits per heavy atom. The lowest BCUT2D eigenvalue weighted by Gasteiger charge is -2.11. The number of hydrogen-bond acceptors (Lipinski definition) is 0. The highest BCUT2D eigenvalue weighted by molar-refractivity contribution is 6.20. The topological polar surface area (TPSA) is 0 Å². The fourth-order valence-corrected chi connectivity index (χ4v) is 2.07. The standard InChI is InChI=1S/C13H18ClF/c1-10(2)9-12(14)6-3-11-4-7-13(15)8-5-11/h4-5,7-8,10,12H,3,6,9H2,1-2H3. The molecule has 2 heteroatoms. The lowest BCUT2D eigenvalue weighted by molar-refractivity contribution is 0.544. The first-order valence-electron chi connectivity index (χ1n) is 5.46. The van der Waals surface area contributed by atoms with Gasteiger partial charge >= 0.3 is 0 Å². The van der Waals surface area contributed by atoms with Crippen molar-refractivity contribution in [2.24, 2.45) is 5.92 Å². The average Bonchev–Trinajstić information content (AvgIpc) is 2.16. The zero-order chi connectivity index (χ0) is 11.3. The van der Waals surface area contributed by atoms with Gasteiger partial charge in [0.15, 0.2) is 0 Å². The van der Waals surface area contributed by atoms with Crippen molar-refractivity contribution in [2.45, 2.75) is 38.5 Å². The van der Waals surface area contributed by atoms with Crippen molar-refractivity contribution in [3.05, 3.63) is 35.6 Å². The molecule has 0 spiro atoms. The molecule has 0 aromatic heterocycles. The van der Waals surface area contributed by atoms with Gasteiger partial charge in [-0.25, -0.2) is 4.39 Å². The maximum absolute atomic E-state index is 12.6. The molecule has 1 atom stereocenters. The second-order valence-electron chi connectivity index (χ2n) is 4.39. The molecule has 0 bridgehead atoms. The van der Waals surface area contributed by atoms with Crippen LogP contribution >= 0.6 is 11.6 Å². The minimum Gasteiger partial charge on any atom is -0.207 e. The van der Waals surface area contributed by atoms with Gasteiger partial charge in [-0.1, -0.05) is 26.0 Å². The second-order valence-corrected chi connectivity index (χ2v) is 5.01. The Morgan fingerprint density at radius 1 is 1.20 bits per heavy atom. The van der Waals surface area contributed by atoms with Gasteiger partial charge in [0.25, 0.3) is 0 Å². The van der Waals surface area contributed by atoms with E-state index in [2.05, 4.69) is 13.8 Å².